The van der Waals surface area contributed by atoms with Gasteiger partial charge in [0.1, 0.15) is 11.4 Å². The Kier molecular flexibility index (Phi) is 5.36. The monoisotopic (exact) mass is 408 g/mol. The summed E-state index contributed by atoms with van der Waals surface area (Å²) in [7, 11) is 0. The van der Waals surface area contributed by atoms with Gasteiger partial charge in [-0.15, -0.1) is 0 Å². The van der Waals surface area contributed by atoms with Crippen molar-refractivity contribution in [3.63, 3.8) is 0 Å². The molecule has 6 nitrogen and oxygen atoms in total. The fourth-order valence-corrected chi connectivity index (χ4v) is 2.44. The van der Waals surface area contributed by atoms with Crippen LogP contribution in [0.4, 0.5) is 24.7 Å². The molecule has 144 valence electrons. The third-order valence-corrected chi connectivity index (χ3v) is 3.86. The van der Waals surface area contributed by atoms with Gasteiger partial charge < -0.3 is 10.6 Å². The molecule has 0 saturated heterocycles. The summed E-state index contributed by atoms with van der Waals surface area (Å²) >= 11 is 5.78. The molecular formula is C18H12ClF3N4O2. The summed E-state index contributed by atoms with van der Waals surface area (Å²) in [5, 5.41) is 8.65. The number of nitrogens with zero attached hydrogens (tertiary/aromatic N) is 2. The molecular weight excluding hydrogens is 397 g/mol. The number of anilines is 2. The van der Waals surface area contributed by atoms with Crippen LogP contribution in [0.2, 0.25) is 5.02 Å². The van der Waals surface area contributed by atoms with E-state index in [1.54, 1.807) is 35.6 Å². The van der Waals surface area contributed by atoms with Crippen LogP contribution < -0.4 is 10.6 Å². The zero-order chi connectivity index (χ0) is 20.3. The topological polar surface area (TPSA) is 76.0 Å². The van der Waals surface area contributed by atoms with E-state index in [4.69, 9.17) is 11.6 Å². The molecule has 3 rings (SSSR count). The number of carbonyl (C=O) groups is 2. The lowest BCUT2D eigenvalue weighted by Gasteiger charge is -2.12. The maximum absolute atomic E-state index is 12.7. The quantitative estimate of drug-likeness (QED) is 0.676. The summed E-state index contributed by atoms with van der Waals surface area (Å²) in [6.45, 7) is 0. The fraction of sp³-hybridized carbons (Fsp3) is 0.0556. The second kappa shape index (κ2) is 7.73. The molecule has 0 spiro atoms. The first-order chi connectivity index (χ1) is 13.3. The van der Waals surface area contributed by atoms with Crippen molar-refractivity contribution in [3.8, 4) is 5.69 Å². The lowest BCUT2D eigenvalue weighted by molar-refractivity contribution is -0.167. The molecule has 3 aromatic rings. The second-order valence-corrected chi connectivity index (χ2v) is 6.00. The number of halogens is 4. The van der Waals surface area contributed by atoms with E-state index < -0.39 is 23.8 Å². The molecule has 2 aromatic carbocycles. The van der Waals surface area contributed by atoms with Crippen LogP contribution in [0, 0.1) is 0 Å². The van der Waals surface area contributed by atoms with E-state index >= 15 is 0 Å². The number of benzene rings is 2. The van der Waals surface area contributed by atoms with Crippen molar-refractivity contribution in [2.24, 2.45) is 0 Å². The molecule has 0 unspecified atom stereocenters. The number of carbonyl (C=O) groups excluding carboxylic acids is 2. The first-order valence-electron chi connectivity index (χ1n) is 7.84. The van der Waals surface area contributed by atoms with Crippen molar-refractivity contribution in [1.29, 1.82) is 0 Å². The minimum atomic E-state index is -5.13. The molecule has 2 amide bonds. The highest BCUT2D eigenvalue weighted by molar-refractivity contribution is 6.30. The van der Waals surface area contributed by atoms with Gasteiger partial charge in [-0.1, -0.05) is 29.8 Å². The molecule has 0 bridgehead atoms. The van der Waals surface area contributed by atoms with E-state index in [9.17, 15) is 22.8 Å². The standard InChI is InChI=1S/C18H12ClF3N4O2/c19-11-6-8-12(9-7-11)24-16(27)14-10-23-26(13-4-2-1-3-5-13)15(14)25-17(28)18(20,21)22/h1-10H,(H,24,27)(H,25,28). The van der Waals surface area contributed by atoms with Gasteiger partial charge in [0.2, 0.25) is 0 Å². The number of rotatable bonds is 4. The normalized spacial score (nSPS) is 11.1. The van der Waals surface area contributed by atoms with Crippen LogP contribution in [0.3, 0.4) is 0 Å². The summed E-state index contributed by atoms with van der Waals surface area (Å²) in [6.07, 6.45) is -4.06. The highest BCUT2D eigenvalue weighted by Crippen LogP contribution is 2.25. The average Bonchev–Trinajstić information content (AvgIpc) is 3.07. The van der Waals surface area contributed by atoms with Crippen LogP contribution >= 0.6 is 11.6 Å². The molecule has 0 fully saturated rings. The maximum atomic E-state index is 12.7. The summed E-state index contributed by atoms with van der Waals surface area (Å²) in [4.78, 5) is 24.0. The second-order valence-electron chi connectivity index (χ2n) is 5.57. The van der Waals surface area contributed by atoms with Gasteiger partial charge in [-0.2, -0.15) is 18.3 Å². The van der Waals surface area contributed by atoms with Crippen LogP contribution in [0.1, 0.15) is 10.4 Å². The molecule has 0 atom stereocenters. The smallest absolute Gasteiger partial charge is 0.322 e. The van der Waals surface area contributed by atoms with Gasteiger partial charge in [0.15, 0.2) is 0 Å². The molecule has 1 heterocycles. The molecule has 0 aliphatic rings. The minimum Gasteiger partial charge on any atom is -0.322 e. The van der Waals surface area contributed by atoms with Crippen molar-refractivity contribution in [2.75, 3.05) is 10.6 Å². The van der Waals surface area contributed by atoms with Gasteiger partial charge in [-0.05, 0) is 36.4 Å². The van der Waals surface area contributed by atoms with E-state index in [-0.39, 0.29) is 5.56 Å². The van der Waals surface area contributed by atoms with Crippen molar-refractivity contribution in [1.82, 2.24) is 9.78 Å². The van der Waals surface area contributed by atoms with Gasteiger partial charge in [-0.3, -0.25) is 9.59 Å². The molecule has 2 N–H and O–H groups in total. The number of aromatic nitrogens is 2. The Hall–Kier alpha value is -3.33. The Morgan fingerprint density at radius 2 is 1.61 bits per heavy atom. The molecule has 10 heteroatoms. The number of amides is 2. The first kappa shape index (κ1) is 19.4. The Labute approximate surface area is 161 Å². The maximum Gasteiger partial charge on any atom is 0.471 e. The van der Waals surface area contributed by atoms with Crippen molar-refractivity contribution < 1.29 is 22.8 Å². The lowest BCUT2D eigenvalue weighted by Crippen LogP contribution is -2.31. The Balaban J connectivity index is 1.98. The van der Waals surface area contributed by atoms with E-state index in [2.05, 4.69) is 10.4 Å². The highest BCUT2D eigenvalue weighted by Gasteiger charge is 2.40. The van der Waals surface area contributed by atoms with Gasteiger partial charge in [0, 0.05) is 10.7 Å². The fourth-order valence-electron chi connectivity index (χ4n) is 2.31. The third kappa shape index (κ3) is 4.32. The molecule has 1 aromatic heterocycles. The number of hydrogen-bond acceptors (Lipinski definition) is 3. The molecule has 0 aliphatic carbocycles. The van der Waals surface area contributed by atoms with Crippen molar-refractivity contribution in [2.45, 2.75) is 6.18 Å². The van der Waals surface area contributed by atoms with Crippen LogP contribution in [-0.2, 0) is 4.79 Å². The molecule has 0 aliphatic heterocycles. The van der Waals surface area contributed by atoms with Gasteiger partial charge in [0.05, 0.1) is 11.9 Å². The number of hydrogen-bond donors (Lipinski definition) is 2. The zero-order valence-corrected chi connectivity index (χ0v) is 14.8. The van der Waals surface area contributed by atoms with E-state index in [0.717, 1.165) is 10.9 Å². The highest BCUT2D eigenvalue weighted by atomic mass is 35.5. The Bertz CT molecular complexity index is 1000. The molecule has 0 saturated carbocycles. The predicted octanol–water partition coefficient (Wildman–Crippen LogP) is 4.28. The van der Waals surface area contributed by atoms with E-state index in [1.165, 1.54) is 24.3 Å². The van der Waals surface area contributed by atoms with Crippen LogP contribution in [0.5, 0.6) is 0 Å². The number of nitrogens with one attached hydrogen (secondary N) is 2. The van der Waals surface area contributed by atoms with Crippen LogP contribution in [0.25, 0.3) is 5.69 Å². The van der Waals surface area contributed by atoms with E-state index in [0.29, 0.717) is 16.4 Å². The van der Waals surface area contributed by atoms with E-state index in [1.807, 2.05) is 0 Å². The third-order valence-electron chi connectivity index (χ3n) is 3.61. The average molecular weight is 409 g/mol. The number of alkyl halides is 3. The van der Waals surface area contributed by atoms with Crippen molar-refractivity contribution >= 4 is 34.9 Å². The predicted molar refractivity (Wildman–Crippen MR) is 97.7 cm³/mol. The van der Waals surface area contributed by atoms with Crippen LogP contribution in [-0.4, -0.2) is 27.8 Å². The molecule has 28 heavy (non-hydrogen) atoms. The molecule has 0 radical (unpaired) electrons. The summed E-state index contributed by atoms with van der Waals surface area (Å²) in [6, 6.07) is 14.2. The van der Waals surface area contributed by atoms with Crippen LogP contribution in [0.15, 0.2) is 60.8 Å². The summed E-state index contributed by atoms with van der Waals surface area (Å²) in [5.41, 5.74) is 0.497. The van der Waals surface area contributed by atoms with Crippen molar-refractivity contribution in [3.05, 3.63) is 71.4 Å². The minimum absolute atomic E-state index is 0.239. The van der Waals surface area contributed by atoms with Gasteiger partial charge >= 0.3 is 12.1 Å². The van der Waals surface area contributed by atoms with Gasteiger partial charge in [-0.25, -0.2) is 4.68 Å². The summed E-state index contributed by atoms with van der Waals surface area (Å²) in [5.74, 6) is -3.37. The summed E-state index contributed by atoms with van der Waals surface area (Å²) < 4.78 is 39.3. The van der Waals surface area contributed by atoms with Gasteiger partial charge in [0.25, 0.3) is 5.91 Å². The largest absolute Gasteiger partial charge is 0.471 e. The zero-order valence-electron chi connectivity index (χ0n) is 14.0. The Morgan fingerprint density at radius 1 is 0.964 bits per heavy atom. The first-order valence-corrected chi connectivity index (χ1v) is 8.22. The number of para-hydroxylation sites is 1. The lowest BCUT2D eigenvalue weighted by atomic mass is 10.2. The Morgan fingerprint density at radius 3 is 2.21 bits per heavy atom. The SMILES string of the molecule is O=C(Nc1ccc(Cl)cc1)c1cnn(-c2ccccc2)c1NC(=O)C(F)(F)F.